The van der Waals surface area contributed by atoms with Crippen LogP contribution in [0.4, 0.5) is 4.79 Å². The topological polar surface area (TPSA) is 95.0 Å². The van der Waals surface area contributed by atoms with Gasteiger partial charge in [-0.2, -0.15) is 0 Å². The molecule has 8 heteroatoms. The van der Waals surface area contributed by atoms with Crippen LogP contribution in [0.25, 0.3) is 0 Å². The number of carboxylic acid groups (broad SMARTS) is 1. The number of urea groups is 1. The molecule has 1 rings (SSSR count). The summed E-state index contributed by atoms with van der Waals surface area (Å²) < 4.78 is 22.1. The molecule has 1 fully saturated rings. The minimum Gasteiger partial charge on any atom is -0.480 e. The molecule has 1 saturated heterocycles. The molecule has 1 aliphatic rings. The van der Waals surface area contributed by atoms with E-state index < -0.39 is 27.9 Å². The van der Waals surface area contributed by atoms with Crippen molar-refractivity contribution < 1.29 is 23.1 Å². The molecule has 0 bridgehead atoms. The van der Waals surface area contributed by atoms with Crippen molar-refractivity contribution >= 4 is 21.8 Å². The lowest BCUT2D eigenvalue weighted by molar-refractivity contribution is -0.142. The number of hydrogen-bond acceptors (Lipinski definition) is 4. The second kappa shape index (κ2) is 5.77. The molecular weight excluding hydrogens is 272 g/mol. The van der Waals surface area contributed by atoms with Crippen molar-refractivity contribution in [3.05, 3.63) is 0 Å². The van der Waals surface area contributed by atoms with Gasteiger partial charge in [-0.05, 0) is 12.3 Å². The monoisotopic (exact) mass is 292 g/mol. The van der Waals surface area contributed by atoms with E-state index >= 15 is 0 Å². The highest BCUT2D eigenvalue weighted by Crippen LogP contribution is 2.25. The summed E-state index contributed by atoms with van der Waals surface area (Å²) in [7, 11) is -1.66. The fraction of sp³-hybridized carbons (Fsp3) is 0.818. The van der Waals surface area contributed by atoms with Crippen LogP contribution in [-0.2, 0) is 14.6 Å². The van der Waals surface area contributed by atoms with E-state index in [-0.39, 0.29) is 18.2 Å². The summed E-state index contributed by atoms with van der Waals surface area (Å²) in [5, 5.41) is 9.14. The lowest BCUT2D eigenvalue weighted by Crippen LogP contribution is -2.48. The number of likely N-dealkylation sites (tertiary alicyclic amines) is 1. The summed E-state index contributed by atoms with van der Waals surface area (Å²) in [6, 6.07) is -1.26. The van der Waals surface area contributed by atoms with Gasteiger partial charge in [-0.3, -0.25) is 0 Å². The van der Waals surface area contributed by atoms with E-state index in [0.29, 0.717) is 13.0 Å². The van der Waals surface area contributed by atoms with Gasteiger partial charge in [0.1, 0.15) is 15.9 Å². The van der Waals surface area contributed by atoms with Gasteiger partial charge in [0.2, 0.25) is 0 Å². The minimum atomic E-state index is -3.15. The highest BCUT2D eigenvalue weighted by Gasteiger charge is 2.40. The third-order valence-corrected chi connectivity index (χ3v) is 4.25. The summed E-state index contributed by atoms with van der Waals surface area (Å²) in [6.07, 6.45) is 1.74. The Labute approximate surface area is 113 Å². The highest BCUT2D eigenvalue weighted by atomic mass is 32.2. The van der Waals surface area contributed by atoms with Crippen LogP contribution in [0.5, 0.6) is 0 Å². The van der Waals surface area contributed by atoms with Crippen LogP contribution in [0.3, 0.4) is 0 Å². The van der Waals surface area contributed by atoms with Crippen LogP contribution in [-0.4, -0.2) is 73.5 Å². The molecule has 0 aromatic carbocycles. The molecule has 0 aromatic rings. The van der Waals surface area contributed by atoms with Gasteiger partial charge in [-0.15, -0.1) is 0 Å². The SMILES string of the molecule is CC1CCN(C(=O)N(C)CCS(C)(=O)=O)C1C(=O)O. The van der Waals surface area contributed by atoms with Crippen molar-refractivity contribution in [2.45, 2.75) is 19.4 Å². The average molecular weight is 292 g/mol. The molecule has 0 spiro atoms. The Morgan fingerprint density at radius 2 is 2.00 bits per heavy atom. The molecule has 19 heavy (non-hydrogen) atoms. The molecule has 2 atom stereocenters. The van der Waals surface area contributed by atoms with Crippen molar-refractivity contribution in [3.8, 4) is 0 Å². The Bertz CT molecular complexity index is 462. The average Bonchev–Trinajstić information content (AvgIpc) is 2.66. The summed E-state index contributed by atoms with van der Waals surface area (Å²) in [6.45, 7) is 2.25. The van der Waals surface area contributed by atoms with Gasteiger partial charge < -0.3 is 14.9 Å². The number of sulfone groups is 1. The van der Waals surface area contributed by atoms with Crippen molar-refractivity contribution in [1.82, 2.24) is 9.80 Å². The Kier molecular flexibility index (Phi) is 4.78. The molecule has 1 N–H and O–H groups in total. The molecule has 110 valence electrons. The largest absolute Gasteiger partial charge is 0.480 e. The second-order valence-corrected chi connectivity index (χ2v) is 7.34. The van der Waals surface area contributed by atoms with Crippen LogP contribution < -0.4 is 0 Å². The van der Waals surface area contributed by atoms with Crippen molar-refractivity contribution in [2.75, 3.05) is 32.1 Å². The zero-order chi connectivity index (χ0) is 14.8. The van der Waals surface area contributed by atoms with E-state index in [0.717, 1.165) is 6.26 Å². The number of carboxylic acids is 1. The van der Waals surface area contributed by atoms with Crippen LogP contribution in [0.15, 0.2) is 0 Å². The highest BCUT2D eigenvalue weighted by molar-refractivity contribution is 7.90. The standard InChI is InChI=1S/C11H20N2O5S/c1-8-4-5-13(9(8)10(14)15)11(16)12(2)6-7-19(3,17)18/h8-9H,4-7H2,1-3H3,(H,14,15). The summed E-state index contributed by atoms with van der Waals surface area (Å²) in [5.74, 6) is -1.24. The molecule has 0 saturated carbocycles. The minimum absolute atomic E-state index is 0.0644. The Morgan fingerprint density at radius 3 is 2.47 bits per heavy atom. The van der Waals surface area contributed by atoms with E-state index in [2.05, 4.69) is 0 Å². The van der Waals surface area contributed by atoms with Gasteiger partial charge in [0, 0.05) is 26.4 Å². The van der Waals surface area contributed by atoms with Gasteiger partial charge in [-0.25, -0.2) is 18.0 Å². The molecule has 1 aliphatic heterocycles. The molecule has 0 radical (unpaired) electrons. The number of aliphatic carboxylic acids is 1. The molecule has 0 aliphatic carbocycles. The van der Waals surface area contributed by atoms with Crippen molar-refractivity contribution in [3.63, 3.8) is 0 Å². The smallest absolute Gasteiger partial charge is 0.326 e. The molecule has 2 unspecified atom stereocenters. The van der Waals surface area contributed by atoms with Gasteiger partial charge in [0.15, 0.2) is 0 Å². The van der Waals surface area contributed by atoms with E-state index in [4.69, 9.17) is 5.11 Å². The zero-order valence-corrected chi connectivity index (χ0v) is 12.2. The number of carbonyl (C=O) groups excluding carboxylic acids is 1. The molecular formula is C11H20N2O5S. The fourth-order valence-electron chi connectivity index (χ4n) is 2.16. The number of rotatable bonds is 4. The summed E-state index contributed by atoms with van der Waals surface area (Å²) in [5.41, 5.74) is 0. The third-order valence-electron chi connectivity index (χ3n) is 3.32. The molecule has 0 aromatic heterocycles. The Morgan fingerprint density at radius 1 is 1.42 bits per heavy atom. The Balaban J connectivity index is 2.69. The first-order valence-electron chi connectivity index (χ1n) is 6.05. The molecule has 7 nitrogen and oxygen atoms in total. The quantitative estimate of drug-likeness (QED) is 0.779. The van der Waals surface area contributed by atoms with E-state index in [1.54, 1.807) is 6.92 Å². The van der Waals surface area contributed by atoms with Gasteiger partial charge in [0.05, 0.1) is 5.75 Å². The lowest BCUT2D eigenvalue weighted by atomic mass is 10.0. The maximum atomic E-state index is 12.1. The van der Waals surface area contributed by atoms with E-state index in [9.17, 15) is 18.0 Å². The maximum Gasteiger partial charge on any atom is 0.326 e. The Hall–Kier alpha value is -1.31. The zero-order valence-electron chi connectivity index (χ0n) is 11.4. The normalized spacial score (nSPS) is 23.4. The van der Waals surface area contributed by atoms with Gasteiger partial charge in [0.25, 0.3) is 0 Å². The first kappa shape index (κ1) is 15.7. The van der Waals surface area contributed by atoms with Crippen LogP contribution in [0.2, 0.25) is 0 Å². The van der Waals surface area contributed by atoms with Crippen LogP contribution >= 0.6 is 0 Å². The maximum absolute atomic E-state index is 12.1. The van der Waals surface area contributed by atoms with Crippen molar-refractivity contribution in [1.29, 1.82) is 0 Å². The van der Waals surface area contributed by atoms with Crippen molar-refractivity contribution in [2.24, 2.45) is 5.92 Å². The van der Waals surface area contributed by atoms with Crippen LogP contribution in [0, 0.1) is 5.92 Å². The number of nitrogens with zero attached hydrogens (tertiary/aromatic N) is 2. The van der Waals surface area contributed by atoms with Crippen LogP contribution in [0.1, 0.15) is 13.3 Å². The fourth-order valence-corrected chi connectivity index (χ4v) is 2.76. The first-order valence-corrected chi connectivity index (χ1v) is 8.12. The number of amides is 2. The predicted molar refractivity (Wildman–Crippen MR) is 69.6 cm³/mol. The summed E-state index contributed by atoms with van der Waals surface area (Å²) >= 11 is 0. The lowest BCUT2D eigenvalue weighted by Gasteiger charge is -2.28. The first-order chi connectivity index (χ1) is 8.63. The number of carbonyl (C=O) groups is 2. The number of hydrogen-bond donors (Lipinski definition) is 1. The molecule has 1 heterocycles. The predicted octanol–water partition coefficient (Wildman–Crippen LogP) is -0.122. The van der Waals surface area contributed by atoms with Gasteiger partial charge in [-0.1, -0.05) is 6.92 Å². The van der Waals surface area contributed by atoms with E-state index in [1.807, 2.05) is 0 Å². The second-order valence-electron chi connectivity index (χ2n) is 5.08. The third kappa shape index (κ3) is 4.09. The van der Waals surface area contributed by atoms with E-state index in [1.165, 1.54) is 16.8 Å². The van der Waals surface area contributed by atoms with Gasteiger partial charge >= 0.3 is 12.0 Å². The molecule has 2 amide bonds. The summed E-state index contributed by atoms with van der Waals surface area (Å²) in [4.78, 5) is 25.8.